The lowest BCUT2D eigenvalue weighted by molar-refractivity contribution is -0.125. The molecular weight excluding hydrogens is 312 g/mol. The summed E-state index contributed by atoms with van der Waals surface area (Å²) in [6.45, 7) is -0.343. The zero-order valence-electron chi connectivity index (χ0n) is 12.1. The van der Waals surface area contributed by atoms with E-state index in [1.54, 1.807) is 30.0 Å². The van der Waals surface area contributed by atoms with Gasteiger partial charge in [0.2, 0.25) is 5.91 Å². The summed E-state index contributed by atoms with van der Waals surface area (Å²) in [4.78, 5) is 13.8. The van der Waals surface area contributed by atoms with Crippen LogP contribution in [-0.2, 0) is 15.6 Å². The maximum atomic E-state index is 12.4. The first-order valence-corrected chi connectivity index (χ1v) is 8.32. The van der Waals surface area contributed by atoms with Crippen LogP contribution in [0.3, 0.4) is 0 Å². The van der Waals surface area contributed by atoms with Crippen LogP contribution in [0.4, 0.5) is 8.78 Å². The molecule has 1 saturated heterocycles. The van der Waals surface area contributed by atoms with E-state index in [2.05, 4.69) is 4.74 Å². The molecule has 1 heterocycles. The Labute approximate surface area is 130 Å². The highest BCUT2D eigenvalue weighted by Gasteiger charge is 2.19. The molecule has 0 aliphatic carbocycles. The van der Waals surface area contributed by atoms with Crippen molar-refractivity contribution in [3.8, 4) is 5.75 Å². The van der Waals surface area contributed by atoms with Gasteiger partial charge in [0.15, 0.2) is 0 Å². The number of carbonyl (C=O) groups excluding carboxylic acids is 1. The van der Waals surface area contributed by atoms with E-state index in [4.69, 9.17) is 0 Å². The van der Waals surface area contributed by atoms with Crippen LogP contribution in [0.5, 0.6) is 5.75 Å². The van der Waals surface area contributed by atoms with E-state index >= 15 is 0 Å². The number of alkyl halides is 2. The van der Waals surface area contributed by atoms with Crippen molar-refractivity contribution in [2.24, 2.45) is 0 Å². The van der Waals surface area contributed by atoms with Gasteiger partial charge in [-0.1, -0.05) is 18.2 Å². The Morgan fingerprint density at radius 1 is 1.32 bits per heavy atom. The van der Waals surface area contributed by atoms with Crippen LogP contribution in [0, 0.1) is 0 Å². The Kier molecular flexibility index (Phi) is 5.65. The number of benzene rings is 1. The number of hydrogen-bond acceptors (Lipinski definition) is 3. The fourth-order valence-corrected chi connectivity index (χ4v) is 3.26. The second kappa shape index (κ2) is 7.49. The number of amides is 1. The summed E-state index contributed by atoms with van der Waals surface area (Å²) < 4.78 is 40.6. The van der Waals surface area contributed by atoms with Gasteiger partial charge < -0.3 is 9.64 Å². The Bertz CT molecular complexity index is 594. The maximum absolute atomic E-state index is 12.4. The third-order valence-electron chi connectivity index (χ3n) is 3.36. The molecule has 1 aliphatic rings. The van der Waals surface area contributed by atoms with Crippen molar-refractivity contribution in [2.75, 3.05) is 24.6 Å². The van der Waals surface area contributed by atoms with Gasteiger partial charge in [-0.25, -0.2) is 0 Å². The SMILES string of the molecule is C/C(=C/C(=O)N1CCS(=O)CC1)c1ccccc1OC(F)F. The van der Waals surface area contributed by atoms with Gasteiger partial charge in [0.25, 0.3) is 0 Å². The number of hydrogen-bond donors (Lipinski definition) is 0. The van der Waals surface area contributed by atoms with Gasteiger partial charge in [-0.15, -0.1) is 0 Å². The maximum Gasteiger partial charge on any atom is 0.387 e. The minimum Gasteiger partial charge on any atom is -0.434 e. The minimum absolute atomic E-state index is 0.0406. The highest BCUT2D eigenvalue weighted by atomic mass is 32.2. The number of allylic oxidation sites excluding steroid dienone is 1. The fraction of sp³-hybridized carbons (Fsp3) is 0.400. The van der Waals surface area contributed by atoms with Crippen LogP contribution in [0.25, 0.3) is 5.57 Å². The first-order chi connectivity index (χ1) is 10.5. The largest absolute Gasteiger partial charge is 0.434 e. The number of para-hydroxylation sites is 1. The van der Waals surface area contributed by atoms with Crippen LogP contribution in [-0.4, -0.2) is 46.2 Å². The van der Waals surface area contributed by atoms with Gasteiger partial charge in [-0.2, -0.15) is 8.78 Å². The highest BCUT2D eigenvalue weighted by molar-refractivity contribution is 7.85. The first kappa shape index (κ1) is 16.6. The number of rotatable bonds is 4. The van der Waals surface area contributed by atoms with Crippen LogP contribution in [0.2, 0.25) is 0 Å². The van der Waals surface area contributed by atoms with Gasteiger partial charge in [0.1, 0.15) is 5.75 Å². The van der Waals surface area contributed by atoms with E-state index in [1.807, 2.05) is 0 Å². The standard InChI is InChI=1S/C15H17F2NO3S/c1-11(10-14(19)18-6-8-22(20)9-7-18)12-4-2-3-5-13(12)21-15(16)17/h2-5,10,15H,6-9H2,1H3/b11-10-. The lowest BCUT2D eigenvalue weighted by Gasteiger charge is -2.25. The summed E-state index contributed by atoms with van der Waals surface area (Å²) in [5, 5.41) is 0. The molecule has 7 heteroatoms. The third-order valence-corrected chi connectivity index (χ3v) is 4.63. The normalized spacial score (nSPS) is 16.9. The summed E-state index contributed by atoms with van der Waals surface area (Å²) in [7, 11) is -0.854. The molecule has 0 spiro atoms. The molecule has 0 bridgehead atoms. The van der Waals surface area contributed by atoms with Gasteiger partial charge in [-0.3, -0.25) is 9.00 Å². The minimum atomic E-state index is -2.92. The van der Waals surface area contributed by atoms with Crippen LogP contribution < -0.4 is 4.74 Å². The number of ether oxygens (including phenoxy) is 1. The molecule has 1 fully saturated rings. The van der Waals surface area contributed by atoms with Crippen molar-refractivity contribution in [1.29, 1.82) is 0 Å². The highest BCUT2D eigenvalue weighted by Crippen LogP contribution is 2.27. The topological polar surface area (TPSA) is 46.6 Å². The van der Waals surface area contributed by atoms with Crippen LogP contribution in [0.15, 0.2) is 30.3 Å². The molecule has 1 aromatic carbocycles. The molecule has 4 nitrogen and oxygen atoms in total. The average Bonchev–Trinajstić information content (AvgIpc) is 2.47. The summed E-state index contributed by atoms with van der Waals surface area (Å²) in [5.74, 6) is 0.785. The number of nitrogens with zero attached hydrogens (tertiary/aromatic N) is 1. The van der Waals surface area contributed by atoms with E-state index in [1.165, 1.54) is 12.1 Å². The molecule has 120 valence electrons. The van der Waals surface area contributed by atoms with E-state index in [0.29, 0.717) is 35.7 Å². The lowest BCUT2D eigenvalue weighted by Crippen LogP contribution is -2.41. The van der Waals surface area contributed by atoms with Crippen molar-refractivity contribution in [3.05, 3.63) is 35.9 Å². The third kappa shape index (κ3) is 4.37. The Morgan fingerprint density at radius 2 is 1.95 bits per heavy atom. The average molecular weight is 329 g/mol. The van der Waals surface area contributed by atoms with Crippen molar-refractivity contribution >= 4 is 22.3 Å². The van der Waals surface area contributed by atoms with E-state index < -0.39 is 17.4 Å². The summed E-state index contributed by atoms with van der Waals surface area (Å²) >= 11 is 0. The molecule has 0 radical (unpaired) electrons. The molecule has 0 saturated carbocycles. The lowest BCUT2D eigenvalue weighted by atomic mass is 10.1. The smallest absolute Gasteiger partial charge is 0.387 e. The summed E-state index contributed by atoms with van der Waals surface area (Å²) in [6.07, 6.45) is 1.40. The number of carbonyl (C=O) groups is 1. The van der Waals surface area contributed by atoms with Crippen molar-refractivity contribution in [1.82, 2.24) is 4.90 Å². The predicted octanol–water partition coefficient (Wildman–Crippen LogP) is 2.28. The van der Waals surface area contributed by atoms with Crippen LogP contribution >= 0.6 is 0 Å². The molecule has 1 amide bonds. The fourth-order valence-electron chi connectivity index (χ4n) is 2.20. The van der Waals surface area contributed by atoms with Crippen molar-refractivity contribution in [3.63, 3.8) is 0 Å². The van der Waals surface area contributed by atoms with Gasteiger partial charge in [-0.05, 0) is 18.6 Å². The second-order valence-corrected chi connectivity index (χ2v) is 6.57. The molecule has 1 aliphatic heterocycles. The summed E-state index contributed by atoms with van der Waals surface area (Å²) in [6, 6.07) is 6.35. The quantitative estimate of drug-likeness (QED) is 0.796. The zero-order valence-corrected chi connectivity index (χ0v) is 12.9. The van der Waals surface area contributed by atoms with Crippen LogP contribution in [0.1, 0.15) is 12.5 Å². The first-order valence-electron chi connectivity index (χ1n) is 6.84. The molecule has 22 heavy (non-hydrogen) atoms. The Balaban J connectivity index is 2.15. The van der Waals surface area contributed by atoms with E-state index in [-0.39, 0.29) is 11.7 Å². The van der Waals surface area contributed by atoms with Gasteiger partial charge in [0, 0.05) is 47.0 Å². The van der Waals surface area contributed by atoms with Gasteiger partial charge >= 0.3 is 6.61 Å². The Morgan fingerprint density at radius 3 is 2.59 bits per heavy atom. The predicted molar refractivity (Wildman–Crippen MR) is 81.2 cm³/mol. The van der Waals surface area contributed by atoms with E-state index in [0.717, 1.165) is 0 Å². The molecular formula is C15H17F2NO3S. The molecule has 0 unspecified atom stereocenters. The molecule has 0 aromatic heterocycles. The second-order valence-electron chi connectivity index (χ2n) is 4.88. The van der Waals surface area contributed by atoms with E-state index in [9.17, 15) is 17.8 Å². The number of halogens is 2. The molecule has 0 atom stereocenters. The molecule has 2 rings (SSSR count). The summed E-state index contributed by atoms with van der Waals surface area (Å²) in [5.41, 5.74) is 1.00. The van der Waals surface area contributed by atoms with Crippen molar-refractivity contribution < 1.29 is 22.5 Å². The van der Waals surface area contributed by atoms with Gasteiger partial charge in [0.05, 0.1) is 0 Å². The Hall–Kier alpha value is -1.76. The molecule has 1 aromatic rings. The molecule has 0 N–H and O–H groups in total. The zero-order chi connectivity index (χ0) is 16.1. The van der Waals surface area contributed by atoms with Crippen molar-refractivity contribution in [2.45, 2.75) is 13.5 Å². The monoisotopic (exact) mass is 329 g/mol.